The number of aromatic nitrogens is 1. The molecule has 1 unspecified atom stereocenters. The number of nitrogens with zero attached hydrogens (tertiary/aromatic N) is 3. The number of nitrogens with one attached hydrogen (secondary N) is 1. The fourth-order valence-corrected chi connectivity index (χ4v) is 7.38. The number of aromatic carboxylic acids is 1. The summed E-state index contributed by atoms with van der Waals surface area (Å²) >= 11 is 0. The number of carboxylic acids is 1. The van der Waals surface area contributed by atoms with E-state index in [1.807, 2.05) is 24.3 Å². The Bertz CT molecular complexity index is 1740. The third-order valence-electron chi connectivity index (χ3n) is 9.67. The first-order valence-corrected chi connectivity index (χ1v) is 16.7. The van der Waals surface area contributed by atoms with Crippen LogP contribution in [-0.2, 0) is 22.4 Å². The molecule has 242 valence electrons. The standard InChI is InChI=1S/C37H44N4O5/c1-26-34-31-13-7-12-29-30(14-8-22-46-33-15-6-10-27-9-2-3-11-28(27)33)36(37(42)43)40(35(29)31)16-4-5-21-45-25-32(34)38-41(26)18-17-39-19-23-44-24-20-39/h2-3,6-7,9-13,15,26,38H,4-5,8,14,16-25H2,1H3,(H,42,43). The molecule has 0 spiro atoms. The summed E-state index contributed by atoms with van der Waals surface area (Å²) in [6.07, 6.45) is 3.05. The molecule has 0 amide bonds. The SMILES string of the molecule is CC1C2=C(COCCCCn3c(C(=O)O)c(CCCOc4cccc5ccccc45)c4cccc2c43)NN1CCN1CCOCC1. The van der Waals surface area contributed by atoms with Crippen molar-refractivity contribution in [3.8, 4) is 5.75 Å². The van der Waals surface area contributed by atoms with Crippen LogP contribution in [0.4, 0.5) is 0 Å². The maximum atomic E-state index is 13.0. The average molecular weight is 625 g/mol. The van der Waals surface area contributed by atoms with Gasteiger partial charge in [-0.05, 0) is 49.6 Å². The highest BCUT2D eigenvalue weighted by atomic mass is 16.5. The number of hydrazine groups is 1. The smallest absolute Gasteiger partial charge is 0.352 e. The number of carboxylic acid groups (broad SMARTS) is 1. The van der Waals surface area contributed by atoms with Gasteiger partial charge in [-0.2, -0.15) is 0 Å². The molecule has 0 aliphatic carbocycles. The van der Waals surface area contributed by atoms with Crippen LogP contribution < -0.4 is 10.2 Å². The van der Waals surface area contributed by atoms with Gasteiger partial charge in [0.05, 0.1) is 43.7 Å². The van der Waals surface area contributed by atoms with E-state index in [0.29, 0.717) is 44.9 Å². The number of morpholine rings is 1. The summed E-state index contributed by atoms with van der Waals surface area (Å²) in [6.45, 7) is 9.84. The van der Waals surface area contributed by atoms with Crippen LogP contribution in [-0.4, -0.2) is 90.8 Å². The molecule has 1 atom stereocenters. The van der Waals surface area contributed by atoms with Gasteiger partial charge in [0.2, 0.25) is 0 Å². The van der Waals surface area contributed by atoms with Crippen molar-refractivity contribution in [2.24, 2.45) is 0 Å². The van der Waals surface area contributed by atoms with Gasteiger partial charge in [0.25, 0.3) is 0 Å². The summed E-state index contributed by atoms with van der Waals surface area (Å²) in [5, 5.41) is 16.2. The maximum absolute atomic E-state index is 13.0. The number of fused-ring (bicyclic) bond motifs is 2. The van der Waals surface area contributed by atoms with Crippen molar-refractivity contribution >= 4 is 33.2 Å². The molecule has 1 aromatic heterocycles. The Morgan fingerprint density at radius 3 is 2.61 bits per heavy atom. The van der Waals surface area contributed by atoms with Crippen LogP contribution >= 0.6 is 0 Å². The van der Waals surface area contributed by atoms with Crippen molar-refractivity contribution in [3.63, 3.8) is 0 Å². The Kier molecular flexibility index (Phi) is 9.26. The molecule has 46 heavy (non-hydrogen) atoms. The van der Waals surface area contributed by atoms with Gasteiger partial charge in [0, 0.05) is 61.2 Å². The Morgan fingerprint density at radius 1 is 0.935 bits per heavy atom. The Balaban J connectivity index is 1.19. The van der Waals surface area contributed by atoms with Gasteiger partial charge < -0.3 is 29.3 Å². The first-order valence-electron chi connectivity index (χ1n) is 16.7. The molecule has 0 bridgehead atoms. The lowest BCUT2D eigenvalue weighted by Crippen LogP contribution is -2.46. The summed E-state index contributed by atoms with van der Waals surface area (Å²) in [5.41, 5.74) is 9.35. The maximum Gasteiger partial charge on any atom is 0.352 e. The summed E-state index contributed by atoms with van der Waals surface area (Å²) in [5.74, 6) is -0.0181. The molecule has 9 nitrogen and oxygen atoms in total. The second-order valence-electron chi connectivity index (χ2n) is 12.5. The Morgan fingerprint density at radius 2 is 1.74 bits per heavy atom. The van der Waals surface area contributed by atoms with Crippen molar-refractivity contribution in [1.82, 2.24) is 19.9 Å². The zero-order valence-corrected chi connectivity index (χ0v) is 26.7. The highest BCUT2D eigenvalue weighted by Gasteiger charge is 2.34. The summed E-state index contributed by atoms with van der Waals surface area (Å²) < 4.78 is 20.0. The number of hydrogen-bond acceptors (Lipinski definition) is 7. The first-order chi connectivity index (χ1) is 22.6. The molecular weight excluding hydrogens is 580 g/mol. The topological polar surface area (TPSA) is 88.4 Å². The number of rotatable bonds is 9. The Labute approximate surface area is 270 Å². The number of hydrogen-bond donors (Lipinski definition) is 2. The number of para-hydroxylation sites is 1. The molecular formula is C37H44N4O5. The van der Waals surface area contributed by atoms with E-state index in [4.69, 9.17) is 14.2 Å². The lowest BCUT2D eigenvalue weighted by molar-refractivity contribution is 0.0302. The fourth-order valence-electron chi connectivity index (χ4n) is 7.38. The minimum absolute atomic E-state index is 0.0974. The zero-order chi connectivity index (χ0) is 31.5. The molecule has 2 N–H and O–H groups in total. The molecule has 4 aromatic rings. The molecule has 4 heterocycles. The second kappa shape index (κ2) is 13.8. The van der Waals surface area contributed by atoms with Crippen LogP contribution in [0, 0.1) is 0 Å². The van der Waals surface area contributed by atoms with Crippen molar-refractivity contribution in [2.75, 3.05) is 59.2 Å². The van der Waals surface area contributed by atoms with Crippen molar-refractivity contribution < 1.29 is 24.1 Å². The van der Waals surface area contributed by atoms with E-state index in [1.54, 1.807) is 0 Å². The third kappa shape index (κ3) is 6.12. The molecule has 0 radical (unpaired) electrons. The van der Waals surface area contributed by atoms with Gasteiger partial charge in [0.15, 0.2) is 0 Å². The van der Waals surface area contributed by atoms with E-state index >= 15 is 0 Å². The Hall–Kier alpha value is -3.89. The molecule has 7 rings (SSSR count). The minimum atomic E-state index is -0.878. The van der Waals surface area contributed by atoms with Crippen molar-refractivity contribution in [3.05, 3.63) is 83.2 Å². The van der Waals surface area contributed by atoms with Crippen molar-refractivity contribution in [1.29, 1.82) is 0 Å². The van der Waals surface area contributed by atoms with Crippen LogP contribution in [0.2, 0.25) is 0 Å². The molecule has 3 aromatic carbocycles. The van der Waals surface area contributed by atoms with E-state index in [0.717, 1.165) is 96.5 Å². The molecule has 1 saturated heterocycles. The van der Waals surface area contributed by atoms with Gasteiger partial charge >= 0.3 is 5.97 Å². The van der Waals surface area contributed by atoms with Gasteiger partial charge in [-0.25, -0.2) is 9.80 Å². The van der Waals surface area contributed by atoms with Crippen LogP contribution in [0.3, 0.4) is 0 Å². The van der Waals surface area contributed by atoms with E-state index in [1.165, 1.54) is 5.57 Å². The second-order valence-corrected chi connectivity index (χ2v) is 12.5. The van der Waals surface area contributed by atoms with Gasteiger partial charge in [-0.15, -0.1) is 0 Å². The van der Waals surface area contributed by atoms with Crippen LogP contribution in [0.1, 0.15) is 47.8 Å². The zero-order valence-electron chi connectivity index (χ0n) is 26.7. The molecule has 3 aliphatic rings. The van der Waals surface area contributed by atoms with Gasteiger partial charge in [-0.3, -0.25) is 4.90 Å². The molecule has 9 heteroatoms. The third-order valence-corrected chi connectivity index (χ3v) is 9.67. The predicted molar refractivity (Wildman–Crippen MR) is 180 cm³/mol. The largest absolute Gasteiger partial charge is 0.493 e. The summed E-state index contributed by atoms with van der Waals surface area (Å²) in [6, 6.07) is 20.8. The van der Waals surface area contributed by atoms with Crippen molar-refractivity contribution in [2.45, 2.75) is 45.2 Å². The normalized spacial score (nSPS) is 19.6. The number of aryl methyl sites for hydroxylation is 2. The van der Waals surface area contributed by atoms with E-state index < -0.39 is 5.97 Å². The highest BCUT2D eigenvalue weighted by Crippen LogP contribution is 2.39. The lowest BCUT2D eigenvalue weighted by Gasteiger charge is -2.30. The van der Waals surface area contributed by atoms with Crippen LogP contribution in [0.25, 0.3) is 27.2 Å². The molecule has 0 saturated carbocycles. The average Bonchev–Trinajstić information content (AvgIpc) is 3.56. The highest BCUT2D eigenvalue weighted by molar-refractivity contribution is 6.03. The van der Waals surface area contributed by atoms with Gasteiger partial charge in [-0.1, -0.05) is 54.6 Å². The quantitative estimate of drug-likeness (QED) is 0.234. The predicted octanol–water partition coefficient (Wildman–Crippen LogP) is 5.57. The minimum Gasteiger partial charge on any atom is -0.493 e. The molecule has 3 aliphatic heterocycles. The van der Waals surface area contributed by atoms with Crippen LogP contribution in [0.15, 0.2) is 66.4 Å². The monoisotopic (exact) mass is 624 g/mol. The number of ether oxygens (including phenoxy) is 3. The summed E-state index contributed by atoms with van der Waals surface area (Å²) in [7, 11) is 0. The lowest BCUT2D eigenvalue weighted by atomic mass is 9.95. The van der Waals surface area contributed by atoms with E-state index in [-0.39, 0.29) is 6.04 Å². The first kappa shape index (κ1) is 30.7. The van der Waals surface area contributed by atoms with Gasteiger partial charge in [0.1, 0.15) is 11.4 Å². The van der Waals surface area contributed by atoms with E-state index in [2.05, 4.69) is 63.2 Å². The summed E-state index contributed by atoms with van der Waals surface area (Å²) in [4.78, 5) is 15.4. The number of benzene rings is 3. The van der Waals surface area contributed by atoms with Crippen LogP contribution in [0.5, 0.6) is 5.75 Å². The van der Waals surface area contributed by atoms with E-state index in [9.17, 15) is 9.90 Å². The number of carbonyl (C=O) groups is 1. The fraction of sp³-hybridized carbons (Fsp3) is 0.432. The molecule has 1 fully saturated rings.